The number of H-pyrrole nitrogens is 1. The number of aromatic amines is 1. The second-order valence-corrected chi connectivity index (χ2v) is 8.28. The monoisotopic (exact) mass is 392 g/mol. The van der Waals surface area contributed by atoms with Gasteiger partial charge >= 0.3 is 0 Å². The molecule has 1 aliphatic heterocycles. The van der Waals surface area contributed by atoms with E-state index in [0.717, 1.165) is 43.6 Å². The number of amides is 1. The van der Waals surface area contributed by atoms with Crippen LogP contribution in [0.1, 0.15) is 52.9 Å². The summed E-state index contributed by atoms with van der Waals surface area (Å²) in [7, 11) is 0. The van der Waals surface area contributed by atoms with Crippen molar-refractivity contribution in [2.24, 2.45) is 11.8 Å². The number of carbonyl (C=O) groups excluding carboxylic acids is 1. The molecule has 1 saturated heterocycles. The summed E-state index contributed by atoms with van der Waals surface area (Å²) in [6.07, 6.45) is 6.80. The van der Waals surface area contributed by atoms with E-state index in [1.807, 2.05) is 0 Å². The van der Waals surface area contributed by atoms with Gasteiger partial charge in [-0.3, -0.25) is 4.79 Å². The molecule has 1 amide bonds. The zero-order valence-electron chi connectivity index (χ0n) is 16.3. The first-order valence-corrected chi connectivity index (χ1v) is 10.2. The Labute approximate surface area is 165 Å². The molecule has 0 aliphatic carbocycles. The molecule has 0 spiro atoms. The molecule has 0 unspecified atom stereocenters. The van der Waals surface area contributed by atoms with Crippen LogP contribution in [-0.4, -0.2) is 45.0 Å². The summed E-state index contributed by atoms with van der Waals surface area (Å²) in [6.45, 7) is 8.03. The number of anilines is 1. The van der Waals surface area contributed by atoms with Crippen molar-refractivity contribution in [3.63, 3.8) is 0 Å². The van der Waals surface area contributed by atoms with Crippen LogP contribution in [0.5, 0.6) is 0 Å². The van der Waals surface area contributed by atoms with Crippen LogP contribution < -0.4 is 10.2 Å². The molecule has 148 valence electrons. The van der Waals surface area contributed by atoms with E-state index in [2.05, 4.69) is 50.9 Å². The van der Waals surface area contributed by atoms with Crippen LogP contribution in [0.15, 0.2) is 6.33 Å². The van der Waals surface area contributed by atoms with Gasteiger partial charge in [-0.15, -0.1) is 0 Å². The number of rotatable bonds is 7. The Morgan fingerprint density at radius 3 is 2.96 bits per heavy atom. The van der Waals surface area contributed by atoms with E-state index >= 15 is 0 Å². The third kappa shape index (κ3) is 5.09. The molecule has 7 nitrogen and oxygen atoms in total. The highest BCUT2D eigenvalue weighted by Crippen LogP contribution is 2.27. The summed E-state index contributed by atoms with van der Waals surface area (Å²) in [4.78, 5) is 30.6. The number of nitrogens with one attached hydrogen (secondary N) is 2. The lowest BCUT2D eigenvalue weighted by molar-refractivity contribution is -0.125. The van der Waals surface area contributed by atoms with Crippen molar-refractivity contribution in [1.82, 2.24) is 25.3 Å². The summed E-state index contributed by atoms with van der Waals surface area (Å²) in [5.41, 5.74) is 1.32. The standard InChI is InChI=1S/C19H29ClN6O/c1-12(2)6-4-7-13(3)23-18(27)14-8-5-9-26(10-14)17-15-16(22-11-21-15)24-19(20)25-17/h11-14H,4-10H2,1-3H3,(H,23,27)(H,21,22,24,25)/t13-,14-/m1/s1. The van der Waals surface area contributed by atoms with Crippen molar-refractivity contribution in [3.05, 3.63) is 11.6 Å². The first-order valence-electron chi connectivity index (χ1n) is 9.86. The number of aromatic nitrogens is 4. The van der Waals surface area contributed by atoms with E-state index in [0.29, 0.717) is 18.1 Å². The van der Waals surface area contributed by atoms with Crippen LogP contribution in [0.3, 0.4) is 0 Å². The highest BCUT2D eigenvalue weighted by atomic mass is 35.5. The van der Waals surface area contributed by atoms with Gasteiger partial charge in [-0.05, 0) is 43.7 Å². The van der Waals surface area contributed by atoms with Gasteiger partial charge in [-0.2, -0.15) is 9.97 Å². The smallest absolute Gasteiger partial charge is 0.226 e. The molecule has 0 bridgehead atoms. The molecule has 0 aromatic carbocycles. The summed E-state index contributed by atoms with van der Waals surface area (Å²) >= 11 is 6.06. The molecule has 2 aromatic heterocycles. The third-order valence-electron chi connectivity index (χ3n) is 5.14. The third-order valence-corrected chi connectivity index (χ3v) is 5.31. The fourth-order valence-electron chi connectivity index (χ4n) is 3.67. The van der Waals surface area contributed by atoms with Gasteiger partial charge in [-0.1, -0.05) is 26.7 Å². The Morgan fingerprint density at radius 1 is 1.37 bits per heavy atom. The number of carbonyl (C=O) groups is 1. The predicted octanol–water partition coefficient (Wildman–Crippen LogP) is 3.55. The molecule has 3 rings (SSSR count). The molecule has 8 heteroatoms. The number of hydrogen-bond acceptors (Lipinski definition) is 5. The van der Waals surface area contributed by atoms with Crippen molar-refractivity contribution in [2.75, 3.05) is 18.0 Å². The van der Waals surface area contributed by atoms with Gasteiger partial charge in [0.2, 0.25) is 11.2 Å². The topological polar surface area (TPSA) is 86.8 Å². The Hall–Kier alpha value is -1.89. The van der Waals surface area contributed by atoms with E-state index in [1.165, 1.54) is 6.42 Å². The average Bonchev–Trinajstić information content (AvgIpc) is 3.09. The highest BCUT2D eigenvalue weighted by molar-refractivity contribution is 6.28. The van der Waals surface area contributed by atoms with Crippen LogP contribution in [0.4, 0.5) is 5.82 Å². The molecule has 3 heterocycles. The minimum absolute atomic E-state index is 0.0435. The minimum Gasteiger partial charge on any atom is -0.354 e. The van der Waals surface area contributed by atoms with Crippen LogP contribution in [0.25, 0.3) is 11.2 Å². The van der Waals surface area contributed by atoms with Crippen LogP contribution in [0, 0.1) is 11.8 Å². The quantitative estimate of drug-likeness (QED) is 0.703. The predicted molar refractivity (Wildman–Crippen MR) is 108 cm³/mol. The fourth-order valence-corrected chi connectivity index (χ4v) is 3.83. The van der Waals surface area contributed by atoms with Crippen LogP contribution >= 0.6 is 11.6 Å². The maximum atomic E-state index is 12.7. The van der Waals surface area contributed by atoms with Crippen molar-refractivity contribution in [2.45, 2.75) is 58.9 Å². The molecule has 1 aliphatic rings. The number of imidazole rings is 1. The van der Waals surface area contributed by atoms with Gasteiger partial charge in [0.25, 0.3) is 0 Å². The largest absolute Gasteiger partial charge is 0.354 e. The summed E-state index contributed by atoms with van der Waals surface area (Å²) in [6, 6.07) is 0.208. The molecule has 0 saturated carbocycles. The summed E-state index contributed by atoms with van der Waals surface area (Å²) in [5.74, 6) is 1.53. The second kappa shape index (κ2) is 8.87. The number of hydrogen-bond donors (Lipinski definition) is 2. The minimum atomic E-state index is -0.0435. The normalized spacial score (nSPS) is 18.9. The molecule has 2 aromatic rings. The highest BCUT2D eigenvalue weighted by Gasteiger charge is 2.28. The lowest BCUT2D eigenvalue weighted by atomic mass is 9.96. The van der Waals surface area contributed by atoms with E-state index in [1.54, 1.807) is 6.33 Å². The maximum Gasteiger partial charge on any atom is 0.226 e. The molecule has 27 heavy (non-hydrogen) atoms. The van der Waals surface area contributed by atoms with Gasteiger partial charge in [0.05, 0.1) is 12.2 Å². The van der Waals surface area contributed by atoms with Gasteiger partial charge in [0, 0.05) is 19.1 Å². The van der Waals surface area contributed by atoms with E-state index in [9.17, 15) is 4.79 Å². The number of halogens is 1. The number of piperidine rings is 1. The average molecular weight is 393 g/mol. The maximum absolute atomic E-state index is 12.7. The number of nitrogens with zero attached hydrogens (tertiary/aromatic N) is 4. The van der Waals surface area contributed by atoms with Crippen molar-refractivity contribution in [3.8, 4) is 0 Å². The molecular formula is C19H29ClN6O. The molecule has 2 N–H and O–H groups in total. The summed E-state index contributed by atoms with van der Waals surface area (Å²) < 4.78 is 0. The van der Waals surface area contributed by atoms with Crippen LogP contribution in [-0.2, 0) is 4.79 Å². The molecule has 2 atom stereocenters. The molecule has 0 radical (unpaired) electrons. The van der Waals surface area contributed by atoms with Gasteiger partial charge in [0.15, 0.2) is 11.5 Å². The molecule has 1 fully saturated rings. The second-order valence-electron chi connectivity index (χ2n) is 7.94. The van der Waals surface area contributed by atoms with Gasteiger partial charge < -0.3 is 15.2 Å². The molecular weight excluding hydrogens is 364 g/mol. The van der Waals surface area contributed by atoms with Crippen molar-refractivity contribution in [1.29, 1.82) is 0 Å². The first-order chi connectivity index (χ1) is 12.9. The summed E-state index contributed by atoms with van der Waals surface area (Å²) in [5, 5.41) is 3.37. The lowest BCUT2D eigenvalue weighted by Gasteiger charge is -2.33. The Balaban J connectivity index is 1.62. The zero-order chi connectivity index (χ0) is 19.4. The fraction of sp³-hybridized carbons (Fsp3) is 0.684. The van der Waals surface area contributed by atoms with Crippen molar-refractivity contribution >= 4 is 34.5 Å². The van der Waals surface area contributed by atoms with Crippen molar-refractivity contribution < 1.29 is 4.79 Å². The zero-order valence-corrected chi connectivity index (χ0v) is 17.1. The van der Waals surface area contributed by atoms with Gasteiger partial charge in [0.1, 0.15) is 5.52 Å². The van der Waals surface area contributed by atoms with Gasteiger partial charge in [-0.25, -0.2) is 4.98 Å². The number of fused-ring (bicyclic) bond motifs is 1. The first kappa shape index (κ1) is 19.9. The lowest BCUT2D eigenvalue weighted by Crippen LogP contribution is -2.45. The van der Waals surface area contributed by atoms with E-state index in [4.69, 9.17) is 11.6 Å². The van der Waals surface area contributed by atoms with E-state index in [-0.39, 0.29) is 23.2 Å². The Morgan fingerprint density at radius 2 is 2.19 bits per heavy atom. The van der Waals surface area contributed by atoms with E-state index < -0.39 is 0 Å². The van der Waals surface area contributed by atoms with Crippen LogP contribution in [0.2, 0.25) is 5.28 Å². The Kier molecular flexibility index (Phi) is 6.52. The Bertz CT molecular complexity index is 777. The SMILES string of the molecule is CC(C)CCC[C@@H](C)NC(=O)[C@@H]1CCCN(c2nc(Cl)nc3nc[nH]c23)C1.